The average molecular weight is 973 g/mol. The Kier molecular flexibility index (Phi) is 52.7. The lowest BCUT2D eigenvalue weighted by Gasteiger charge is -2.18. The maximum absolute atomic E-state index is 12.8. The molecule has 0 saturated carbocycles. The molecule has 71 heavy (non-hydrogen) atoms. The molecule has 1 unspecified atom stereocenters. The summed E-state index contributed by atoms with van der Waals surface area (Å²) in [5.41, 5.74) is 0. The van der Waals surface area contributed by atoms with Gasteiger partial charge in [0.2, 0.25) is 0 Å². The second-order valence-corrected chi connectivity index (χ2v) is 17.0. The molecule has 0 spiro atoms. The van der Waals surface area contributed by atoms with Crippen molar-refractivity contribution < 1.29 is 28.6 Å². The third-order valence-electron chi connectivity index (χ3n) is 10.4. The van der Waals surface area contributed by atoms with Crippen LogP contribution in [0.5, 0.6) is 0 Å². The molecule has 0 aliphatic carbocycles. The number of rotatable bonds is 46. The van der Waals surface area contributed by atoms with E-state index >= 15 is 0 Å². The minimum Gasteiger partial charge on any atom is -0.462 e. The van der Waals surface area contributed by atoms with Crippen molar-refractivity contribution in [3.8, 4) is 0 Å². The van der Waals surface area contributed by atoms with Gasteiger partial charge in [-0.1, -0.05) is 209 Å². The van der Waals surface area contributed by atoms with Crippen LogP contribution in [0.2, 0.25) is 0 Å². The van der Waals surface area contributed by atoms with Crippen LogP contribution in [0.15, 0.2) is 182 Å². The fraction of sp³-hybridized carbons (Fsp3) is 0.492. The molecule has 0 aromatic heterocycles. The third-order valence-corrected chi connectivity index (χ3v) is 10.4. The van der Waals surface area contributed by atoms with Crippen molar-refractivity contribution in [1.82, 2.24) is 0 Å². The summed E-state index contributed by atoms with van der Waals surface area (Å²) in [6, 6.07) is 0. The summed E-state index contributed by atoms with van der Waals surface area (Å²) in [6.45, 7) is 6.13. The molecule has 0 aromatic rings. The van der Waals surface area contributed by atoms with E-state index in [-0.39, 0.29) is 50.4 Å². The second kappa shape index (κ2) is 57.1. The molecule has 0 aliphatic rings. The van der Waals surface area contributed by atoms with Crippen molar-refractivity contribution in [1.29, 1.82) is 0 Å². The maximum Gasteiger partial charge on any atom is 0.306 e. The zero-order valence-electron chi connectivity index (χ0n) is 44.6. The van der Waals surface area contributed by atoms with E-state index in [1.807, 2.05) is 12.2 Å². The van der Waals surface area contributed by atoms with E-state index in [1.165, 1.54) is 0 Å². The summed E-state index contributed by atoms with van der Waals surface area (Å²) in [6.07, 6.45) is 86.1. The quantitative estimate of drug-likeness (QED) is 0.0262. The van der Waals surface area contributed by atoms with Crippen molar-refractivity contribution in [2.24, 2.45) is 0 Å². The van der Waals surface area contributed by atoms with Crippen molar-refractivity contribution in [2.75, 3.05) is 13.2 Å². The Balaban J connectivity index is 4.63. The summed E-state index contributed by atoms with van der Waals surface area (Å²) in [5.74, 6) is -1.12. The average Bonchev–Trinajstić information content (AvgIpc) is 3.37. The van der Waals surface area contributed by atoms with Gasteiger partial charge in [0.15, 0.2) is 6.10 Å². The van der Waals surface area contributed by atoms with Gasteiger partial charge in [0.05, 0.1) is 0 Å². The van der Waals surface area contributed by atoms with Gasteiger partial charge in [-0.3, -0.25) is 14.4 Å². The SMILES string of the molecule is CC/C=C\C/C=C\C/C=C\C/C=C\C/C=C\C/C=C\CCCCC(=O)OCC(COC(=O)CC/C=C\C/C=C\C/C=C\C/C=C\CC)OC(=O)CCCCC/C=C\C/C=C\C/C=C\C/C=C\C/C=C\CC. The lowest BCUT2D eigenvalue weighted by atomic mass is 10.1. The topological polar surface area (TPSA) is 78.9 Å². The van der Waals surface area contributed by atoms with Crippen LogP contribution in [0.25, 0.3) is 0 Å². The van der Waals surface area contributed by atoms with E-state index in [0.29, 0.717) is 19.3 Å². The van der Waals surface area contributed by atoms with Crippen molar-refractivity contribution >= 4 is 17.9 Å². The van der Waals surface area contributed by atoms with Gasteiger partial charge in [-0.25, -0.2) is 0 Å². The summed E-state index contributed by atoms with van der Waals surface area (Å²) in [4.78, 5) is 38.0. The Morgan fingerprint density at radius 2 is 0.535 bits per heavy atom. The zero-order valence-corrected chi connectivity index (χ0v) is 44.6. The molecule has 0 radical (unpaired) electrons. The van der Waals surface area contributed by atoms with Crippen LogP contribution in [0.4, 0.5) is 0 Å². The van der Waals surface area contributed by atoms with E-state index in [0.717, 1.165) is 128 Å². The predicted molar refractivity (Wildman–Crippen MR) is 306 cm³/mol. The highest BCUT2D eigenvalue weighted by atomic mass is 16.6. The fourth-order valence-corrected chi connectivity index (χ4v) is 6.42. The van der Waals surface area contributed by atoms with Gasteiger partial charge in [-0.2, -0.15) is 0 Å². The lowest BCUT2D eigenvalue weighted by molar-refractivity contribution is -0.166. The van der Waals surface area contributed by atoms with Crippen LogP contribution in [0.3, 0.4) is 0 Å². The molecular formula is C65H96O6. The molecule has 392 valence electrons. The second-order valence-electron chi connectivity index (χ2n) is 17.0. The molecule has 6 heteroatoms. The normalized spacial score (nSPS) is 13.6. The Morgan fingerprint density at radius 3 is 0.873 bits per heavy atom. The van der Waals surface area contributed by atoms with Gasteiger partial charge >= 0.3 is 17.9 Å². The molecule has 1 atom stereocenters. The minimum atomic E-state index is -0.854. The highest BCUT2D eigenvalue weighted by molar-refractivity contribution is 5.71. The van der Waals surface area contributed by atoms with E-state index in [9.17, 15) is 14.4 Å². The third kappa shape index (κ3) is 55.3. The number of ether oxygens (including phenoxy) is 3. The number of unbranched alkanes of at least 4 members (excludes halogenated alkanes) is 5. The molecule has 0 rings (SSSR count). The molecule has 0 N–H and O–H groups in total. The number of esters is 3. The molecule has 0 aliphatic heterocycles. The first-order valence-electron chi connectivity index (χ1n) is 27.3. The van der Waals surface area contributed by atoms with Crippen LogP contribution in [-0.2, 0) is 28.6 Å². The van der Waals surface area contributed by atoms with Gasteiger partial charge in [-0.15, -0.1) is 0 Å². The van der Waals surface area contributed by atoms with Gasteiger partial charge in [0.1, 0.15) is 13.2 Å². The predicted octanol–water partition coefficient (Wildman–Crippen LogP) is 18.5. The minimum absolute atomic E-state index is 0.147. The van der Waals surface area contributed by atoms with Crippen molar-refractivity contribution in [3.63, 3.8) is 0 Å². The van der Waals surface area contributed by atoms with Gasteiger partial charge < -0.3 is 14.2 Å². The summed E-state index contributed by atoms with van der Waals surface area (Å²) >= 11 is 0. The van der Waals surface area contributed by atoms with Crippen molar-refractivity contribution in [2.45, 2.75) is 194 Å². The van der Waals surface area contributed by atoms with Crippen LogP contribution in [0.1, 0.15) is 188 Å². The van der Waals surface area contributed by atoms with Crippen LogP contribution >= 0.6 is 0 Å². The Morgan fingerprint density at radius 1 is 0.282 bits per heavy atom. The first kappa shape index (κ1) is 65.5. The standard InChI is InChI=1S/C65H96O6/c1-4-7-10-13-16-19-22-25-27-29-31-32-34-35-37-40-43-46-49-52-55-58-64(67)70-61-62(60-69-63(66)57-54-51-48-45-42-39-24-21-18-15-12-9-6-3)71-65(68)59-56-53-50-47-44-41-38-36-33-30-28-26-23-20-17-14-11-8-5-2/h7-12,16-21,25-28,31-33,35-37,39,41-44,46,48,51,62H,4-6,13-15,22-24,29-30,34,38,40,45,47,49-50,52-61H2,1-3H3/b10-7-,11-8-,12-9-,19-16-,20-17-,21-18-,27-25-,28-26-,32-31-,36-33-,37-35-,42-39-,44-41-,46-43-,51-48-. The molecule has 0 aromatic carbocycles. The Bertz CT molecular complexity index is 1730. The number of carbonyl (C=O) groups is 3. The van der Waals surface area contributed by atoms with Gasteiger partial charge in [-0.05, 0) is 141 Å². The van der Waals surface area contributed by atoms with E-state index in [4.69, 9.17) is 14.2 Å². The number of hydrogen-bond donors (Lipinski definition) is 0. The van der Waals surface area contributed by atoms with Crippen LogP contribution < -0.4 is 0 Å². The number of hydrogen-bond acceptors (Lipinski definition) is 6. The molecule has 0 heterocycles. The summed E-state index contributed by atoms with van der Waals surface area (Å²) < 4.78 is 16.7. The van der Waals surface area contributed by atoms with Crippen LogP contribution in [0, 0.1) is 0 Å². The summed E-state index contributed by atoms with van der Waals surface area (Å²) in [7, 11) is 0. The lowest BCUT2D eigenvalue weighted by Crippen LogP contribution is -2.30. The van der Waals surface area contributed by atoms with Gasteiger partial charge in [0, 0.05) is 19.3 Å². The van der Waals surface area contributed by atoms with E-state index in [1.54, 1.807) is 0 Å². The highest BCUT2D eigenvalue weighted by Gasteiger charge is 2.19. The Labute approximate surface area is 434 Å². The van der Waals surface area contributed by atoms with Crippen LogP contribution in [-0.4, -0.2) is 37.2 Å². The molecular weight excluding hydrogens is 877 g/mol. The first-order valence-corrected chi connectivity index (χ1v) is 27.3. The number of carbonyl (C=O) groups excluding carboxylic acids is 3. The first-order chi connectivity index (χ1) is 35.0. The maximum atomic E-state index is 12.8. The monoisotopic (exact) mass is 973 g/mol. The molecule has 6 nitrogen and oxygen atoms in total. The molecule has 0 bridgehead atoms. The zero-order chi connectivity index (χ0) is 51.4. The molecule has 0 saturated heterocycles. The summed E-state index contributed by atoms with van der Waals surface area (Å²) in [5, 5.41) is 0. The smallest absolute Gasteiger partial charge is 0.306 e. The number of allylic oxidation sites excluding steroid dienone is 30. The largest absolute Gasteiger partial charge is 0.462 e. The van der Waals surface area contributed by atoms with E-state index in [2.05, 4.69) is 191 Å². The highest BCUT2D eigenvalue weighted by Crippen LogP contribution is 2.10. The fourth-order valence-electron chi connectivity index (χ4n) is 6.42. The van der Waals surface area contributed by atoms with E-state index < -0.39 is 6.10 Å². The van der Waals surface area contributed by atoms with Crippen molar-refractivity contribution in [3.05, 3.63) is 182 Å². The molecule has 0 fully saturated rings. The van der Waals surface area contributed by atoms with Gasteiger partial charge in [0.25, 0.3) is 0 Å². The molecule has 0 amide bonds. The Hall–Kier alpha value is -5.49.